The third-order valence-corrected chi connectivity index (χ3v) is 9.25. The van der Waals surface area contributed by atoms with E-state index < -0.39 is 0 Å². The molecule has 0 spiro atoms. The van der Waals surface area contributed by atoms with E-state index in [2.05, 4.69) is 165 Å². The molecule has 0 N–H and O–H groups in total. The quantitative estimate of drug-likeness (QED) is 0.230. The molecule has 0 amide bonds. The number of benzene rings is 4. The minimum absolute atomic E-state index is 0. The average Bonchev–Trinajstić information content (AvgIpc) is 3.58. The Kier molecular flexibility index (Phi) is 14.4. The molecule has 0 radical (unpaired) electrons. The Morgan fingerprint density at radius 3 is 1.43 bits per heavy atom. The molecule has 5 aromatic rings. The zero-order valence-corrected chi connectivity index (χ0v) is 31.3. The van der Waals surface area contributed by atoms with Gasteiger partial charge in [-0.15, -0.1) is 39.7 Å². The largest absolute Gasteiger partial charge is 1.00 e. The van der Waals surface area contributed by atoms with Gasteiger partial charge in [0, 0.05) is 0 Å². The van der Waals surface area contributed by atoms with Gasteiger partial charge in [-0.3, -0.25) is 6.08 Å². The van der Waals surface area contributed by atoms with Crippen LogP contribution in [0.15, 0.2) is 109 Å². The molecule has 0 saturated heterocycles. The molecule has 228 valence electrons. The summed E-state index contributed by atoms with van der Waals surface area (Å²) in [6, 6.07) is 33.1. The van der Waals surface area contributed by atoms with Crippen molar-refractivity contribution in [3.63, 3.8) is 0 Å². The molecule has 0 saturated carbocycles. The molecule has 1 aliphatic rings. The van der Waals surface area contributed by atoms with E-state index >= 15 is 0 Å². The van der Waals surface area contributed by atoms with Crippen molar-refractivity contribution in [2.45, 2.75) is 61.8 Å². The summed E-state index contributed by atoms with van der Waals surface area (Å²) in [6.45, 7) is 17.5. The van der Waals surface area contributed by atoms with Crippen LogP contribution in [0.1, 0.15) is 67.5 Å². The minimum atomic E-state index is 0. The molecule has 5 aromatic carbocycles. The molecule has 6 rings (SSSR count). The second-order valence-corrected chi connectivity index (χ2v) is 13.9. The molecule has 1 aliphatic carbocycles. The van der Waals surface area contributed by atoms with Crippen molar-refractivity contribution < 1.29 is 49.0 Å². The van der Waals surface area contributed by atoms with Gasteiger partial charge in [0.05, 0.1) is 0 Å². The third kappa shape index (κ3) is 10.0. The number of fused-ring (bicyclic) bond motifs is 3. The van der Waals surface area contributed by atoms with Crippen molar-refractivity contribution in [2.75, 3.05) is 0 Å². The fourth-order valence-electron chi connectivity index (χ4n) is 5.08. The molecule has 0 nitrogen and oxygen atoms in total. The zero-order valence-electron chi connectivity index (χ0n) is 27.4. The van der Waals surface area contributed by atoms with Crippen LogP contribution >= 0.6 is 0 Å². The number of aryl methyl sites for hydroxylation is 4. The molecule has 0 aliphatic heterocycles. The zero-order chi connectivity index (χ0) is 30.4. The van der Waals surface area contributed by atoms with Gasteiger partial charge in [-0.05, 0) is 13.8 Å². The van der Waals surface area contributed by atoms with Crippen molar-refractivity contribution in [1.82, 2.24) is 0 Å². The Morgan fingerprint density at radius 2 is 1.09 bits per heavy atom. The number of allylic oxidation sites excluding steroid dienone is 4. The molecular formula is C41H44Cl2Zr-2. The van der Waals surface area contributed by atoms with Crippen molar-refractivity contribution in [3.8, 4) is 0 Å². The molecule has 0 fully saturated rings. The topological polar surface area (TPSA) is 0 Å². The first-order chi connectivity index (χ1) is 19.9. The SMILES string of the molecule is CCC1[C-]=CC(C(C)(C)C)=C1.Cc1ccc([C](=[Zr+2])c2ccc(C)cc2)cc1.Cc1ccc2c(c1)[cH-]c1cc(C)ccc12.[Cl-].[Cl-]. The summed E-state index contributed by atoms with van der Waals surface area (Å²) in [5.74, 6) is 0.573. The second-order valence-electron chi connectivity index (χ2n) is 12.6. The summed E-state index contributed by atoms with van der Waals surface area (Å²) in [6.07, 6.45) is 9.00. The monoisotopic (exact) mass is 696 g/mol. The number of rotatable bonds is 3. The summed E-state index contributed by atoms with van der Waals surface area (Å²) in [5.41, 5.74) is 9.71. The van der Waals surface area contributed by atoms with E-state index in [0.29, 0.717) is 11.3 Å². The van der Waals surface area contributed by atoms with Crippen molar-refractivity contribution in [3.05, 3.63) is 148 Å². The van der Waals surface area contributed by atoms with Gasteiger partial charge in [-0.2, -0.15) is 11.6 Å². The van der Waals surface area contributed by atoms with E-state index in [1.165, 1.54) is 94.4 Å². The van der Waals surface area contributed by atoms with Crippen LogP contribution in [0.25, 0.3) is 21.5 Å². The van der Waals surface area contributed by atoms with Gasteiger partial charge in [-0.1, -0.05) is 80.8 Å². The first-order valence-corrected chi connectivity index (χ1v) is 16.3. The van der Waals surface area contributed by atoms with E-state index in [9.17, 15) is 0 Å². The first kappa shape index (κ1) is 37.7. The van der Waals surface area contributed by atoms with Gasteiger partial charge in [-0.25, -0.2) is 6.08 Å². The Morgan fingerprint density at radius 1 is 0.682 bits per heavy atom. The standard InChI is InChI=1S/C15H13.C15H14.C11H17.2ClH.Zr/c1-10-3-5-14-12(7-10)9-13-8-11(2)4-6-15(13)14;1-12-3-7-14(8-4-12)11-15-9-5-13(2)6-10-15;1-5-9-6-7-10(8-9)11(2,3)4;;;/h3-9H,1-2H3;3-10H,1-2H3;7-9H,5H2,1-4H3;2*1H;/q-1;;-1;;;+2/p-2. The third-order valence-electron chi connectivity index (χ3n) is 7.84. The summed E-state index contributed by atoms with van der Waals surface area (Å²) in [5, 5.41) is 5.46. The maximum Gasteiger partial charge on any atom is -0.0469 e. The number of hydrogen-bond donors (Lipinski definition) is 0. The Hall–Kier alpha value is -2.44. The van der Waals surface area contributed by atoms with Gasteiger partial charge in [0.15, 0.2) is 0 Å². The van der Waals surface area contributed by atoms with Crippen molar-refractivity contribution in [2.24, 2.45) is 11.3 Å². The van der Waals surface area contributed by atoms with Crippen LogP contribution in [0.4, 0.5) is 0 Å². The van der Waals surface area contributed by atoms with E-state index in [1.807, 2.05) is 0 Å². The molecule has 0 bridgehead atoms. The van der Waals surface area contributed by atoms with Crippen LogP contribution in [0.2, 0.25) is 0 Å². The van der Waals surface area contributed by atoms with Crippen LogP contribution in [-0.2, 0) is 24.2 Å². The minimum Gasteiger partial charge on any atom is -1.00 e. The second kappa shape index (κ2) is 16.8. The van der Waals surface area contributed by atoms with Gasteiger partial charge < -0.3 is 24.8 Å². The summed E-state index contributed by atoms with van der Waals surface area (Å²) < 4.78 is 1.42. The smallest absolute Gasteiger partial charge is 0.0469 e. The average molecular weight is 699 g/mol. The Bertz CT molecular complexity index is 1620. The Labute approximate surface area is 293 Å². The van der Waals surface area contributed by atoms with E-state index in [-0.39, 0.29) is 24.8 Å². The summed E-state index contributed by atoms with van der Waals surface area (Å²) >= 11 is 1.46. The molecule has 3 heteroatoms. The van der Waals surface area contributed by atoms with Crippen molar-refractivity contribution >= 4 is 24.8 Å². The maximum atomic E-state index is 3.35. The van der Waals surface area contributed by atoms with Gasteiger partial charge >= 0.3 is 112 Å². The molecule has 1 atom stereocenters. The molecule has 1 unspecified atom stereocenters. The molecule has 0 aromatic heterocycles. The number of halogens is 2. The fourth-order valence-corrected chi connectivity index (χ4v) is 5.90. The van der Waals surface area contributed by atoms with Crippen molar-refractivity contribution in [1.29, 1.82) is 0 Å². The normalized spacial score (nSPS) is 13.6. The van der Waals surface area contributed by atoms with Crippen LogP contribution in [0, 0.1) is 45.1 Å². The number of hydrogen-bond acceptors (Lipinski definition) is 0. The van der Waals surface area contributed by atoms with Crippen LogP contribution in [0.3, 0.4) is 0 Å². The van der Waals surface area contributed by atoms with Crippen LogP contribution in [0.5, 0.6) is 0 Å². The maximum absolute atomic E-state index is 3.35. The van der Waals surface area contributed by atoms with Crippen LogP contribution in [-0.4, -0.2) is 3.21 Å². The predicted octanol–water partition coefficient (Wildman–Crippen LogP) is 5.11. The van der Waals surface area contributed by atoms with Gasteiger partial charge in [0.25, 0.3) is 0 Å². The predicted molar refractivity (Wildman–Crippen MR) is 181 cm³/mol. The molecule has 44 heavy (non-hydrogen) atoms. The summed E-state index contributed by atoms with van der Waals surface area (Å²) in [7, 11) is 0. The molecular weight excluding hydrogens is 655 g/mol. The summed E-state index contributed by atoms with van der Waals surface area (Å²) in [4.78, 5) is 0. The molecule has 0 heterocycles. The van der Waals surface area contributed by atoms with Gasteiger partial charge in [0.2, 0.25) is 0 Å². The fraction of sp³-hybridized carbons (Fsp3) is 0.268. The van der Waals surface area contributed by atoms with E-state index in [0.717, 1.165) is 0 Å². The van der Waals surface area contributed by atoms with E-state index in [1.54, 1.807) is 0 Å². The van der Waals surface area contributed by atoms with E-state index in [4.69, 9.17) is 0 Å². The van der Waals surface area contributed by atoms with Gasteiger partial charge in [0.1, 0.15) is 0 Å². The first-order valence-electron chi connectivity index (χ1n) is 15.0. The Balaban J connectivity index is 0.000000229. The van der Waals surface area contributed by atoms with Crippen LogP contribution < -0.4 is 24.8 Å².